The molecule has 0 spiro atoms. The molecule has 0 radical (unpaired) electrons. The molecule has 2 heterocycles. The first kappa shape index (κ1) is 36.9. The third-order valence-corrected chi connectivity index (χ3v) is 8.75. The fraction of sp³-hybridized carbons (Fsp3) is 0.333. The minimum absolute atomic E-state index is 0.108. The van der Waals surface area contributed by atoms with E-state index in [9.17, 15) is 14.7 Å². The Morgan fingerprint density at radius 2 is 0.962 bits per heavy atom. The fourth-order valence-corrected chi connectivity index (χ4v) is 6.23. The zero-order valence-electron chi connectivity index (χ0n) is 29.3. The molecule has 5 atom stereocenters. The third kappa shape index (κ3) is 9.93. The lowest BCUT2D eigenvalue weighted by Gasteiger charge is -2.46. The molecule has 0 saturated carbocycles. The highest BCUT2D eigenvalue weighted by Crippen LogP contribution is 2.35. The number of hydrogen-bond acceptors (Lipinski definition) is 10. The number of aliphatic hydroxyl groups is 1. The monoisotopic (exact) mass is 708 g/mol. The van der Waals surface area contributed by atoms with E-state index in [1.807, 2.05) is 121 Å². The standard InChI is InChI=1S/C42H44O10/c1-42(2)51-40(44)36(41(45)52-42)33(43)23-34-37(47-25-30-17-9-4-10-18-30)39(49-27-32-21-13-6-14-22-32)38(48-26-31-19-11-5-12-20-31)35(50-34)28-46-24-29-15-7-3-8-16-29/h3-22,34-35,37-39,43H,23-28H2,1-2H3/t34-,35-,37+,38-,39-/m1/s1. The van der Waals surface area contributed by atoms with Crippen LogP contribution in [-0.4, -0.2) is 60.0 Å². The highest BCUT2D eigenvalue weighted by atomic mass is 16.7. The van der Waals surface area contributed by atoms with Crippen molar-refractivity contribution < 1.29 is 47.9 Å². The van der Waals surface area contributed by atoms with Gasteiger partial charge in [-0.3, -0.25) is 0 Å². The molecule has 2 aliphatic rings. The van der Waals surface area contributed by atoms with Crippen molar-refractivity contribution in [2.24, 2.45) is 0 Å². The number of hydrogen-bond donors (Lipinski definition) is 1. The summed E-state index contributed by atoms with van der Waals surface area (Å²) in [5.74, 6) is -3.99. The highest BCUT2D eigenvalue weighted by molar-refractivity contribution is 6.15. The van der Waals surface area contributed by atoms with Gasteiger partial charge in [-0.2, -0.15) is 0 Å². The van der Waals surface area contributed by atoms with E-state index in [4.69, 9.17) is 33.2 Å². The number of rotatable bonds is 15. The number of carbonyl (C=O) groups excluding carboxylic acids is 2. The molecular formula is C42H44O10. The van der Waals surface area contributed by atoms with Crippen LogP contribution in [0.15, 0.2) is 133 Å². The van der Waals surface area contributed by atoms with Crippen LogP contribution in [0.4, 0.5) is 0 Å². The van der Waals surface area contributed by atoms with Gasteiger partial charge < -0.3 is 38.3 Å². The first-order chi connectivity index (χ1) is 25.3. The van der Waals surface area contributed by atoms with E-state index < -0.39 is 59.6 Å². The Labute approximate surface area is 303 Å². The van der Waals surface area contributed by atoms with Gasteiger partial charge in [0.05, 0.1) is 39.1 Å². The molecule has 6 rings (SSSR count). The van der Waals surface area contributed by atoms with E-state index >= 15 is 0 Å². The van der Waals surface area contributed by atoms with Gasteiger partial charge in [-0.05, 0) is 22.3 Å². The van der Waals surface area contributed by atoms with Crippen LogP contribution >= 0.6 is 0 Å². The summed E-state index contributed by atoms with van der Waals surface area (Å²) in [5.41, 5.74) is 3.19. The van der Waals surface area contributed by atoms with Gasteiger partial charge in [-0.15, -0.1) is 0 Å². The Morgan fingerprint density at radius 1 is 0.577 bits per heavy atom. The zero-order chi connectivity index (χ0) is 36.3. The van der Waals surface area contributed by atoms with Gasteiger partial charge in [0.15, 0.2) is 5.57 Å². The number of cyclic esters (lactones) is 2. The van der Waals surface area contributed by atoms with Gasteiger partial charge in [-0.1, -0.05) is 121 Å². The Bertz CT molecular complexity index is 1740. The van der Waals surface area contributed by atoms with Gasteiger partial charge in [0.2, 0.25) is 0 Å². The van der Waals surface area contributed by atoms with Crippen molar-refractivity contribution in [3.05, 3.63) is 155 Å². The smallest absolute Gasteiger partial charge is 0.352 e. The maximum atomic E-state index is 13.0. The van der Waals surface area contributed by atoms with Crippen LogP contribution in [0.25, 0.3) is 0 Å². The summed E-state index contributed by atoms with van der Waals surface area (Å²) in [6.45, 7) is 3.99. The summed E-state index contributed by atoms with van der Waals surface area (Å²) in [6.07, 6.45) is -4.21. The predicted molar refractivity (Wildman–Crippen MR) is 190 cm³/mol. The Morgan fingerprint density at radius 3 is 1.40 bits per heavy atom. The summed E-state index contributed by atoms with van der Waals surface area (Å²) >= 11 is 0. The van der Waals surface area contributed by atoms with Gasteiger partial charge >= 0.3 is 11.9 Å². The molecule has 2 aliphatic heterocycles. The maximum Gasteiger partial charge on any atom is 0.352 e. The molecule has 52 heavy (non-hydrogen) atoms. The zero-order valence-corrected chi connectivity index (χ0v) is 29.3. The Kier molecular flexibility index (Phi) is 12.5. The minimum Gasteiger partial charge on any atom is -0.511 e. The molecule has 0 aromatic heterocycles. The van der Waals surface area contributed by atoms with Gasteiger partial charge in [0.1, 0.15) is 30.2 Å². The number of ether oxygens (including phenoxy) is 7. The molecule has 4 aromatic rings. The Balaban J connectivity index is 1.35. The van der Waals surface area contributed by atoms with E-state index in [0.717, 1.165) is 22.3 Å². The summed E-state index contributed by atoms with van der Waals surface area (Å²) < 4.78 is 43.5. The van der Waals surface area contributed by atoms with Crippen LogP contribution in [-0.2, 0) is 69.2 Å². The molecule has 2 saturated heterocycles. The predicted octanol–water partition coefficient (Wildman–Crippen LogP) is 6.77. The normalized spacial score (nSPS) is 22.7. The van der Waals surface area contributed by atoms with Crippen molar-refractivity contribution in [2.75, 3.05) is 6.61 Å². The number of benzene rings is 4. The van der Waals surface area contributed by atoms with Crippen molar-refractivity contribution in [1.82, 2.24) is 0 Å². The van der Waals surface area contributed by atoms with Crippen molar-refractivity contribution in [2.45, 2.75) is 83.0 Å². The topological polar surface area (TPSA) is 119 Å². The second-order valence-electron chi connectivity index (χ2n) is 13.2. The van der Waals surface area contributed by atoms with E-state index in [1.54, 1.807) is 0 Å². The molecule has 10 heteroatoms. The molecule has 2 fully saturated rings. The first-order valence-electron chi connectivity index (χ1n) is 17.4. The number of esters is 2. The van der Waals surface area contributed by atoms with Crippen LogP contribution in [0.1, 0.15) is 42.5 Å². The van der Waals surface area contributed by atoms with Crippen molar-refractivity contribution in [1.29, 1.82) is 0 Å². The molecule has 1 N–H and O–H groups in total. The first-order valence-corrected chi connectivity index (χ1v) is 17.4. The summed E-state index contributed by atoms with van der Waals surface area (Å²) in [5, 5.41) is 11.4. The third-order valence-electron chi connectivity index (χ3n) is 8.75. The molecule has 0 aliphatic carbocycles. The Hall–Kier alpha value is -4.84. The lowest BCUT2D eigenvalue weighted by molar-refractivity contribution is -0.273. The molecule has 4 aromatic carbocycles. The maximum absolute atomic E-state index is 13.0. The SMILES string of the molecule is CC1(C)OC(=O)C(=C(O)C[C@H]2O[C@H](COCc3ccccc3)[C@@H](OCc3ccccc3)[C@H](OCc3ccccc3)[C@H]2OCc2ccccc2)C(=O)O1. The molecule has 0 bridgehead atoms. The molecule has 10 nitrogen and oxygen atoms in total. The van der Waals surface area contributed by atoms with Crippen LogP contribution in [0.3, 0.4) is 0 Å². The minimum atomic E-state index is -1.47. The number of carbonyl (C=O) groups is 2. The summed E-state index contributed by atoms with van der Waals surface area (Å²) in [7, 11) is 0. The summed E-state index contributed by atoms with van der Waals surface area (Å²) in [4.78, 5) is 25.9. The largest absolute Gasteiger partial charge is 0.511 e. The fourth-order valence-electron chi connectivity index (χ4n) is 6.23. The van der Waals surface area contributed by atoms with Crippen LogP contribution in [0.5, 0.6) is 0 Å². The second kappa shape index (κ2) is 17.6. The lowest BCUT2D eigenvalue weighted by atomic mass is 9.91. The van der Waals surface area contributed by atoms with Crippen LogP contribution in [0, 0.1) is 0 Å². The molecule has 0 amide bonds. The number of aliphatic hydroxyl groups excluding tert-OH is 1. The van der Waals surface area contributed by atoms with E-state index in [0.29, 0.717) is 6.61 Å². The highest BCUT2D eigenvalue weighted by Gasteiger charge is 2.50. The van der Waals surface area contributed by atoms with Crippen molar-refractivity contribution in [3.63, 3.8) is 0 Å². The van der Waals surface area contributed by atoms with Crippen molar-refractivity contribution >= 4 is 11.9 Å². The quantitative estimate of drug-likeness (QED) is 0.0614. The average Bonchev–Trinajstić information content (AvgIpc) is 3.14. The van der Waals surface area contributed by atoms with Crippen LogP contribution < -0.4 is 0 Å². The molecule has 272 valence electrons. The van der Waals surface area contributed by atoms with Crippen molar-refractivity contribution in [3.8, 4) is 0 Å². The van der Waals surface area contributed by atoms with E-state index in [-0.39, 0.29) is 32.8 Å². The van der Waals surface area contributed by atoms with Gasteiger partial charge in [0.25, 0.3) is 5.79 Å². The average molecular weight is 709 g/mol. The van der Waals surface area contributed by atoms with Crippen LogP contribution in [0.2, 0.25) is 0 Å². The molecular weight excluding hydrogens is 664 g/mol. The van der Waals surface area contributed by atoms with E-state index in [1.165, 1.54) is 13.8 Å². The van der Waals surface area contributed by atoms with Gasteiger partial charge in [-0.25, -0.2) is 9.59 Å². The second-order valence-corrected chi connectivity index (χ2v) is 13.2. The lowest BCUT2D eigenvalue weighted by Crippen LogP contribution is -2.61. The van der Waals surface area contributed by atoms with E-state index in [2.05, 4.69) is 0 Å². The van der Waals surface area contributed by atoms with Gasteiger partial charge in [0, 0.05) is 20.3 Å². The molecule has 0 unspecified atom stereocenters. The summed E-state index contributed by atoms with van der Waals surface area (Å²) in [6, 6.07) is 38.9.